The van der Waals surface area contributed by atoms with Crippen LogP contribution in [0.5, 0.6) is 0 Å². The monoisotopic (exact) mass is 1020 g/mol. The molecule has 0 aromatic heterocycles. The second kappa shape index (κ2) is 23.2. The molecule has 1 aliphatic heterocycles. The maximum atomic E-state index is 15.1. The fourth-order valence-electron chi connectivity index (χ4n) is 10.6. The Morgan fingerprint density at radius 1 is 0.931 bits per heavy atom. The van der Waals surface area contributed by atoms with Gasteiger partial charge in [-0.05, 0) is 84.1 Å². The summed E-state index contributed by atoms with van der Waals surface area (Å²) in [5.74, 6) is -7.60. The lowest BCUT2D eigenvalue weighted by Crippen LogP contribution is -2.81. The second-order valence-corrected chi connectivity index (χ2v) is 20.6. The van der Waals surface area contributed by atoms with Crippen LogP contribution in [-0.4, -0.2) is 155 Å². The molecule has 0 spiro atoms. The van der Waals surface area contributed by atoms with E-state index >= 15 is 4.79 Å². The third kappa shape index (κ3) is 12.1. The van der Waals surface area contributed by atoms with Crippen LogP contribution in [0.15, 0.2) is 41.5 Å². The van der Waals surface area contributed by atoms with Crippen molar-refractivity contribution in [3.63, 3.8) is 0 Å². The predicted octanol–water partition coefficient (Wildman–Crippen LogP) is 3.10. The van der Waals surface area contributed by atoms with E-state index in [-0.39, 0.29) is 55.1 Å². The summed E-state index contributed by atoms with van der Waals surface area (Å²) in [7, 11) is 0. The van der Waals surface area contributed by atoms with Gasteiger partial charge in [-0.1, -0.05) is 45.4 Å². The molecule has 0 radical (unpaired) electrons. The molecular weight excluding hydrogens is 945 g/mol. The van der Waals surface area contributed by atoms with Gasteiger partial charge >= 0.3 is 35.9 Å². The Morgan fingerprint density at radius 3 is 2.21 bits per heavy atom. The second-order valence-electron chi connectivity index (χ2n) is 20.6. The zero-order valence-electron chi connectivity index (χ0n) is 42.9. The molecule has 2 saturated carbocycles. The van der Waals surface area contributed by atoms with Crippen LogP contribution in [0.3, 0.4) is 0 Å². The summed E-state index contributed by atoms with van der Waals surface area (Å²) in [6, 6.07) is 6.41. The molecule has 2 bridgehead atoms. The maximum absolute atomic E-state index is 15.1. The number of rotatable bonds is 20. The lowest BCUT2D eigenvalue weighted by Gasteiger charge is -2.67. The number of hydrogen-bond acceptors (Lipinski definition) is 19. The molecular formula is C51H72N2O19. The SMILES string of the molecule is CCOC(=O)CCCCCNC(=O)COCC(=O)O[C@@H](C(=O)O[C@H]1C[C@@]2(O)[C@@H](OC(=O)c3ccccc3)[C@@H]3[C@]4(OC(C)=O)CO[C@@H]4C[C@H](O)[C@@]3(C)C(=O)[C@H](O)C(=C1C)C2(C)C)[C@@H](CC)NC(=O)OC(C)(C)C. The topological polar surface area (TPSA) is 295 Å². The van der Waals surface area contributed by atoms with E-state index in [1.807, 2.05) is 0 Å². The van der Waals surface area contributed by atoms with Gasteiger partial charge < -0.3 is 63.8 Å². The number of aliphatic hydroxyl groups is 3. The number of alkyl carbamates (subject to hydrolysis) is 1. The van der Waals surface area contributed by atoms with E-state index in [1.54, 1.807) is 52.8 Å². The van der Waals surface area contributed by atoms with Gasteiger partial charge in [0.15, 0.2) is 11.4 Å². The van der Waals surface area contributed by atoms with Crippen molar-refractivity contribution < 1.29 is 91.6 Å². The van der Waals surface area contributed by atoms with Crippen LogP contribution in [0, 0.1) is 16.7 Å². The Labute approximate surface area is 419 Å². The first-order valence-electron chi connectivity index (χ1n) is 24.5. The normalized spacial score (nSPS) is 29.2. The highest BCUT2D eigenvalue weighted by Crippen LogP contribution is 2.64. The molecule has 3 fully saturated rings. The molecule has 72 heavy (non-hydrogen) atoms. The fraction of sp³-hybridized carbons (Fsp3) is 0.686. The van der Waals surface area contributed by atoms with Gasteiger partial charge in [-0.15, -0.1) is 0 Å². The Bertz CT molecular complexity index is 2220. The number of aliphatic hydroxyl groups excluding tert-OH is 2. The molecule has 21 heteroatoms. The fourth-order valence-corrected chi connectivity index (χ4v) is 10.6. The van der Waals surface area contributed by atoms with Crippen molar-refractivity contribution in [2.24, 2.45) is 16.7 Å². The number of fused-ring (bicyclic) bond motifs is 5. The van der Waals surface area contributed by atoms with E-state index in [4.69, 9.17) is 37.9 Å². The highest BCUT2D eigenvalue weighted by atomic mass is 16.6. The summed E-state index contributed by atoms with van der Waals surface area (Å²) in [6.45, 7) is 13.9. The minimum absolute atomic E-state index is 0.0378. The van der Waals surface area contributed by atoms with Crippen LogP contribution in [0.4, 0.5) is 4.79 Å². The first-order valence-corrected chi connectivity index (χ1v) is 24.5. The van der Waals surface area contributed by atoms with E-state index in [1.165, 1.54) is 39.8 Å². The van der Waals surface area contributed by atoms with Crippen LogP contribution in [-0.2, 0) is 66.7 Å². The smallest absolute Gasteiger partial charge is 0.408 e. The van der Waals surface area contributed by atoms with Crippen molar-refractivity contribution in [1.29, 1.82) is 0 Å². The van der Waals surface area contributed by atoms with Crippen molar-refractivity contribution in [2.45, 2.75) is 174 Å². The van der Waals surface area contributed by atoms with Gasteiger partial charge in [0.1, 0.15) is 48.8 Å². The van der Waals surface area contributed by atoms with Gasteiger partial charge in [-0.25, -0.2) is 19.2 Å². The van der Waals surface area contributed by atoms with Gasteiger partial charge in [0.2, 0.25) is 12.0 Å². The predicted molar refractivity (Wildman–Crippen MR) is 251 cm³/mol. The quantitative estimate of drug-likeness (QED) is 0.0543. The Kier molecular flexibility index (Phi) is 18.5. The molecule has 5 rings (SSSR count). The van der Waals surface area contributed by atoms with Gasteiger partial charge in [0.05, 0.1) is 42.3 Å². The molecule has 21 nitrogen and oxygen atoms in total. The number of nitrogens with one attached hydrogen (secondary N) is 2. The molecule has 400 valence electrons. The number of Topliss-reactive ketones (excluding diaryl/α,β-unsaturated/α-hetero) is 1. The number of carbonyl (C=O) groups is 8. The Hall–Kier alpha value is -5.48. The van der Waals surface area contributed by atoms with E-state index in [0.29, 0.717) is 25.9 Å². The first kappa shape index (κ1) is 57.4. The third-order valence-corrected chi connectivity index (χ3v) is 14.3. The lowest BCUT2D eigenvalue weighted by molar-refractivity contribution is -0.346. The van der Waals surface area contributed by atoms with Crippen LogP contribution in [0.1, 0.15) is 125 Å². The summed E-state index contributed by atoms with van der Waals surface area (Å²) in [5.41, 5.74) is -9.03. The Balaban J connectivity index is 1.49. The minimum Gasteiger partial charge on any atom is -0.466 e. The van der Waals surface area contributed by atoms with Crippen LogP contribution in [0.2, 0.25) is 0 Å². The van der Waals surface area contributed by atoms with Gasteiger partial charge in [-0.2, -0.15) is 0 Å². The molecule has 4 aliphatic rings. The van der Waals surface area contributed by atoms with E-state index in [9.17, 15) is 48.9 Å². The molecule has 3 aliphatic carbocycles. The highest BCUT2D eigenvalue weighted by Gasteiger charge is 2.78. The number of ketones is 1. The lowest BCUT2D eigenvalue weighted by atomic mass is 9.44. The highest BCUT2D eigenvalue weighted by molar-refractivity contribution is 5.94. The number of esters is 5. The summed E-state index contributed by atoms with van der Waals surface area (Å²) in [5, 5.41) is 43.1. The summed E-state index contributed by atoms with van der Waals surface area (Å²) in [6.07, 6.45) is -9.95. The average Bonchev–Trinajstić information content (AvgIpc) is 3.29. The molecule has 5 N–H and O–H groups in total. The van der Waals surface area contributed by atoms with Crippen molar-refractivity contribution in [3.05, 3.63) is 47.0 Å². The first-order chi connectivity index (χ1) is 33.7. The molecule has 1 aromatic rings. The van der Waals surface area contributed by atoms with Gasteiger partial charge in [-0.3, -0.25) is 19.2 Å². The van der Waals surface area contributed by atoms with E-state index in [0.717, 1.165) is 6.92 Å². The third-order valence-electron chi connectivity index (χ3n) is 14.3. The average molecular weight is 1020 g/mol. The largest absolute Gasteiger partial charge is 0.466 e. The summed E-state index contributed by atoms with van der Waals surface area (Å²) < 4.78 is 45.7. The maximum Gasteiger partial charge on any atom is 0.408 e. The molecule has 2 amide bonds. The standard InChI is InChI=1S/C51H72N2O19/c1-11-31(53-46(63)72-47(5,6)7)40(69-37(58)26-65-25-35(56)52-22-18-14-17-21-36(57)66-12-2)45(62)68-32-24-51(64)43(70-44(61)30-19-15-13-16-20-30)41-49(10,42(60)39(59)38(28(32)3)48(51,8)9)33(55)23-34-50(41,27-67-34)71-29(4)54/h13,15-16,19-20,31-34,39-41,43,55,59,64H,11-12,14,17-18,21-27H2,1-10H3,(H,52,56)(H,53,63)/t31-,32+,33+,34-,39-,40-,41+,43+,49-,50+,51-/m1/s1. The number of unbranched alkanes of at least 4 members (excludes halogenated alkanes) is 2. The number of carbonyl (C=O) groups excluding carboxylic acids is 8. The number of hydrogen-bond donors (Lipinski definition) is 5. The van der Waals surface area contributed by atoms with Crippen LogP contribution < -0.4 is 10.6 Å². The minimum atomic E-state index is -2.45. The van der Waals surface area contributed by atoms with Crippen molar-refractivity contribution in [2.75, 3.05) is 33.0 Å². The van der Waals surface area contributed by atoms with E-state index in [2.05, 4.69) is 10.6 Å². The number of benzene rings is 1. The molecule has 11 atom stereocenters. The van der Waals surface area contributed by atoms with Crippen molar-refractivity contribution >= 4 is 47.6 Å². The van der Waals surface area contributed by atoms with Gasteiger partial charge in [0, 0.05) is 38.1 Å². The Morgan fingerprint density at radius 2 is 1.61 bits per heavy atom. The zero-order chi connectivity index (χ0) is 53.6. The number of ether oxygens (including phenoxy) is 8. The molecule has 1 saturated heterocycles. The van der Waals surface area contributed by atoms with Crippen LogP contribution >= 0.6 is 0 Å². The molecule has 0 unspecified atom stereocenters. The zero-order valence-corrected chi connectivity index (χ0v) is 42.9. The summed E-state index contributed by atoms with van der Waals surface area (Å²) >= 11 is 0. The number of amides is 2. The molecule has 1 heterocycles. The van der Waals surface area contributed by atoms with E-state index < -0.39 is 138 Å². The molecule has 1 aromatic carbocycles. The van der Waals surface area contributed by atoms with Crippen molar-refractivity contribution in [1.82, 2.24) is 10.6 Å². The van der Waals surface area contributed by atoms with Crippen molar-refractivity contribution in [3.8, 4) is 0 Å². The summed E-state index contributed by atoms with van der Waals surface area (Å²) in [4.78, 5) is 108. The van der Waals surface area contributed by atoms with Crippen LogP contribution in [0.25, 0.3) is 0 Å². The van der Waals surface area contributed by atoms with Gasteiger partial charge in [0.25, 0.3) is 0 Å².